The van der Waals surface area contributed by atoms with Crippen molar-refractivity contribution in [2.75, 3.05) is 19.7 Å². The summed E-state index contributed by atoms with van der Waals surface area (Å²) in [6.07, 6.45) is 2.58. The minimum Gasteiger partial charge on any atom is -0.384 e. The maximum absolute atomic E-state index is 9.04. The van der Waals surface area contributed by atoms with Crippen LogP contribution in [0.1, 0.15) is 60.8 Å². The predicted octanol–water partition coefficient (Wildman–Crippen LogP) is 1.90. The Morgan fingerprint density at radius 3 is 1.30 bits per heavy atom. The Morgan fingerprint density at radius 2 is 0.970 bits per heavy atom. The molecule has 0 spiro atoms. The Labute approximate surface area is 202 Å². The van der Waals surface area contributed by atoms with Crippen molar-refractivity contribution in [1.29, 1.82) is 0 Å². The molecule has 0 rings (SSSR count). The van der Waals surface area contributed by atoms with Gasteiger partial charge in [-0.05, 0) is 68.1 Å². The molecule has 0 radical (unpaired) electrons. The first-order chi connectivity index (χ1) is 15.8. The van der Waals surface area contributed by atoms with Gasteiger partial charge in [-0.15, -0.1) is 0 Å². The molecular formula is C29H36N2O2. The molecule has 0 saturated carbocycles. The van der Waals surface area contributed by atoms with E-state index in [-0.39, 0.29) is 6.61 Å². The van der Waals surface area contributed by atoms with Crippen molar-refractivity contribution in [3.8, 4) is 94.7 Å². The molecule has 0 unspecified atom stereocenters. The molecule has 0 heterocycles. The van der Waals surface area contributed by atoms with E-state index >= 15 is 0 Å². The zero-order valence-electron chi connectivity index (χ0n) is 20.8. The third-order valence-corrected chi connectivity index (χ3v) is 2.09. The van der Waals surface area contributed by atoms with Crippen LogP contribution in [0.5, 0.6) is 0 Å². The lowest BCUT2D eigenvalue weighted by Gasteiger charge is -2.04. The Hall–Kier alpha value is -3.68. The second kappa shape index (κ2) is 35.7. The lowest BCUT2D eigenvalue weighted by atomic mass is 10.1. The van der Waals surface area contributed by atoms with E-state index in [2.05, 4.69) is 94.7 Å². The molecule has 0 amide bonds. The Bertz CT molecular complexity index is 892. The highest BCUT2D eigenvalue weighted by Crippen LogP contribution is 1.95. The van der Waals surface area contributed by atoms with Crippen LogP contribution in [0.15, 0.2) is 0 Å². The fraction of sp³-hybridized carbons (Fsp3) is 0.448. The molecular weight excluding hydrogens is 408 g/mol. The van der Waals surface area contributed by atoms with E-state index in [1.54, 1.807) is 20.8 Å². The van der Waals surface area contributed by atoms with Crippen molar-refractivity contribution in [2.45, 2.75) is 66.4 Å². The van der Waals surface area contributed by atoms with Crippen molar-refractivity contribution >= 4 is 0 Å². The number of aliphatic hydroxyl groups excluding tert-OH is 1. The van der Waals surface area contributed by atoms with Gasteiger partial charge in [-0.1, -0.05) is 68.1 Å². The summed E-state index contributed by atoms with van der Waals surface area (Å²) in [4.78, 5) is 0. The molecule has 0 fully saturated rings. The number of rotatable bonds is 0. The minimum atomic E-state index is -0.955. The normalized spacial score (nSPS) is 6.48. The van der Waals surface area contributed by atoms with Gasteiger partial charge < -0.3 is 21.7 Å². The van der Waals surface area contributed by atoms with Crippen LogP contribution < -0.4 is 11.5 Å². The van der Waals surface area contributed by atoms with Crippen LogP contribution in [-0.4, -0.2) is 35.5 Å². The summed E-state index contributed by atoms with van der Waals surface area (Å²) in [5.41, 5.74) is 9.19. The van der Waals surface area contributed by atoms with Crippen molar-refractivity contribution in [2.24, 2.45) is 11.5 Å². The van der Waals surface area contributed by atoms with Crippen molar-refractivity contribution in [3.05, 3.63) is 0 Å². The van der Waals surface area contributed by atoms with E-state index in [1.807, 2.05) is 20.8 Å². The standard InChI is InChI=1S/C8H11NO.C7H9N.C7H8O.C7H8/c1-8(2,10)6-4-3-5-7-9;2*1-2-3-4-5-6-7-8;1-3-5-7-6-4-2/h10H,7,9H2,1-2H3;2,7-8H2,1H3;8H,2,7H2,1H3;3H2,1-2H3. The highest BCUT2D eigenvalue weighted by Gasteiger charge is 2.04. The SMILES string of the molecule is CC#CC#CCC.CC(C)(O)C#CC#CCN.CCC#CC#CCN.CCC#CC#CCO. The fourth-order valence-corrected chi connectivity index (χ4v) is 0.919. The molecule has 6 N–H and O–H groups in total. The molecule has 0 aliphatic heterocycles. The molecule has 0 aliphatic rings. The molecule has 0 atom stereocenters. The number of nitrogens with two attached hydrogens (primary N) is 2. The maximum Gasteiger partial charge on any atom is 0.120 e. The van der Waals surface area contributed by atoms with Gasteiger partial charge in [-0.3, -0.25) is 0 Å². The zero-order valence-corrected chi connectivity index (χ0v) is 20.8. The van der Waals surface area contributed by atoms with Gasteiger partial charge in [-0.2, -0.15) is 0 Å². The largest absolute Gasteiger partial charge is 0.384 e. The first-order valence-corrected chi connectivity index (χ1v) is 10.3. The van der Waals surface area contributed by atoms with E-state index in [4.69, 9.17) is 21.7 Å². The summed E-state index contributed by atoms with van der Waals surface area (Å²) >= 11 is 0. The monoisotopic (exact) mass is 444 g/mol. The Kier molecular flexibility index (Phi) is 39.7. The van der Waals surface area contributed by atoms with E-state index in [0.717, 1.165) is 19.3 Å². The summed E-state index contributed by atoms with van der Waals surface area (Å²) in [5.74, 6) is 41.8. The van der Waals surface area contributed by atoms with Gasteiger partial charge in [0.05, 0.1) is 13.1 Å². The summed E-state index contributed by atoms with van der Waals surface area (Å²) in [6.45, 7) is 11.5. The third-order valence-electron chi connectivity index (χ3n) is 2.09. The van der Waals surface area contributed by atoms with Gasteiger partial charge in [0.2, 0.25) is 0 Å². The molecule has 174 valence electrons. The van der Waals surface area contributed by atoms with Crippen LogP contribution in [0.3, 0.4) is 0 Å². The zero-order chi connectivity index (χ0) is 26.1. The highest BCUT2D eigenvalue weighted by atomic mass is 16.3. The first-order valence-electron chi connectivity index (χ1n) is 10.3. The predicted molar refractivity (Wildman–Crippen MR) is 140 cm³/mol. The van der Waals surface area contributed by atoms with Gasteiger partial charge in [0.1, 0.15) is 12.2 Å². The van der Waals surface area contributed by atoms with E-state index in [9.17, 15) is 0 Å². The van der Waals surface area contributed by atoms with Crippen LogP contribution in [0.25, 0.3) is 0 Å². The Balaban J connectivity index is -0.000000171. The van der Waals surface area contributed by atoms with Crippen LogP contribution in [0, 0.1) is 94.7 Å². The van der Waals surface area contributed by atoms with Gasteiger partial charge >= 0.3 is 0 Å². The topological polar surface area (TPSA) is 92.5 Å². The van der Waals surface area contributed by atoms with E-state index in [1.165, 1.54) is 0 Å². The Morgan fingerprint density at radius 1 is 0.606 bits per heavy atom. The van der Waals surface area contributed by atoms with Crippen LogP contribution in [-0.2, 0) is 0 Å². The second-order valence-corrected chi connectivity index (χ2v) is 5.62. The third kappa shape index (κ3) is 65.4. The molecule has 0 bridgehead atoms. The fourth-order valence-electron chi connectivity index (χ4n) is 0.919. The molecule has 4 heteroatoms. The molecule has 0 aliphatic carbocycles. The number of hydrogen-bond donors (Lipinski definition) is 4. The van der Waals surface area contributed by atoms with Gasteiger partial charge in [-0.25, -0.2) is 0 Å². The second-order valence-electron chi connectivity index (χ2n) is 5.62. The van der Waals surface area contributed by atoms with E-state index in [0.29, 0.717) is 13.1 Å². The molecule has 0 saturated heterocycles. The van der Waals surface area contributed by atoms with Gasteiger partial charge in [0, 0.05) is 19.3 Å². The van der Waals surface area contributed by atoms with Crippen molar-refractivity contribution in [3.63, 3.8) is 0 Å². The van der Waals surface area contributed by atoms with Crippen molar-refractivity contribution in [1.82, 2.24) is 0 Å². The first kappa shape index (κ1) is 36.7. The summed E-state index contributed by atoms with van der Waals surface area (Å²) in [5, 5.41) is 17.2. The highest BCUT2D eigenvalue weighted by molar-refractivity contribution is 5.29. The van der Waals surface area contributed by atoms with Crippen LogP contribution >= 0.6 is 0 Å². The molecule has 33 heavy (non-hydrogen) atoms. The molecule has 0 aromatic heterocycles. The quantitative estimate of drug-likeness (QED) is 0.430. The summed E-state index contributed by atoms with van der Waals surface area (Å²) in [7, 11) is 0. The smallest absolute Gasteiger partial charge is 0.120 e. The summed E-state index contributed by atoms with van der Waals surface area (Å²) in [6, 6.07) is 0. The number of aliphatic hydroxyl groups is 2. The van der Waals surface area contributed by atoms with Gasteiger partial charge in [0.25, 0.3) is 0 Å². The lowest BCUT2D eigenvalue weighted by Crippen LogP contribution is -2.14. The lowest BCUT2D eigenvalue weighted by molar-refractivity contribution is 0.143. The average molecular weight is 445 g/mol. The van der Waals surface area contributed by atoms with Crippen LogP contribution in [0.4, 0.5) is 0 Å². The van der Waals surface area contributed by atoms with Gasteiger partial charge in [0.15, 0.2) is 0 Å². The van der Waals surface area contributed by atoms with Crippen LogP contribution in [0.2, 0.25) is 0 Å². The minimum absolute atomic E-state index is 0.0988. The maximum atomic E-state index is 9.04. The van der Waals surface area contributed by atoms with E-state index < -0.39 is 5.60 Å². The molecule has 0 aromatic rings. The number of hydrogen-bond acceptors (Lipinski definition) is 4. The molecule has 0 aromatic carbocycles. The average Bonchev–Trinajstić information content (AvgIpc) is 2.79. The molecule has 4 nitrogen and oxygen atoms in total. The van der Waals surface area contributed by atoms with Crippen molar-refractivity contribution < 1.29 is 10.2 Å². The summed E-state index contributed by atoms with van der Waals surface area (Å²) < 4.78 is 0.